The van der Waals surface area contributed by atoms with Gasteiger partial charge >= 0.3 is 147 Å². The number of benzene rings is 2. The van der Waals surface area contributed by atoms with Gasteiger partial charge in [-0.1, -0.05) is 0 Å². The first-order chi connectivity index (χ1) is 11.7. The summed E-state index contributed by atoms with van der Waals surface area (Å²) in [5.74, 6) is 0.239. The van der Waals surface area contributed by atoms with Crippen LogP contribution in [-0.2, 0) is 14.3 Å². The number of rotatable bonds is 3. The molecular formula is C20H16O3Se. The number of esters is 1. The normalized spacial score (nSPS) is 23.2. The quantitative estimate of drug-likeness (QED) is 0.465. The molecule has 4 heteroatoms. The summed E-state index contributed by atoms with van der Waals surface area (Å²) in [7, 11) is 0. The van der Waals surface area contributed by atoms with Gasteiger partial charge in [0, 0.05) is 0 Å². The Morgan fingerprint density at radius 3 is 2.21 bits per heavy atom. The third-order valence-electron chi connectivity index (χ3n) is 4.57. The molecule has 3 nitrogen and oxygen atoms in total. The molecule has 1 fully saturated rings. The molecule has 0 bridgehead atoms. The molecular weight excluding hydrogens is 367 g/mol. The molecule has 0 amide bonds. The van der Waals surface area contributed by atoms with Gasteiger partial charge in [0.2, 0.25) is 0 Å². The minimum atomic E-state index is -1.04. The second kappa shape index (κ2) is 6.04. The van der Waals surface area contributed by atoms with Gasteiger partial charge in [-0.2, -0.15) is 0 Å². The molecule has 1 aliphatic carbocycles. The van der Waals surface area contributed by atoms with Gasteiger partial charge in [0.25, 0.3) is 0 Å². The number of ether oxygens (including phenoxy) is 1. The summed E-state index contributed by atoms with van der Waals surface area (Å²) in [4.78, 5) is 25.4. The predicted molar refractivity (Wildman–Crippen MR) is 92.6 cm³/mol. The van der Waals surface area contributed by atoms with E-state index in [0.717, 1.165) is 20.9 Å². The summed E-state index contributed by atoms with van der Waals surface area (Å²) in [5.41, 5.74) is -0.170. The molecule has 0 unspecified atom stereocenters. The van der Waals surface area contributed by atoms with Crippen LogP contribution < -0.4 is 4.46 Å². The van der Waals surface area contributed by atoms with Gasteiger partial charge in [0.1, 0.15) is 0 Å². The number of carbonyl (C=O) groups is 2. The van der Waals surface area contributed by atoms with Crippen LogP contribution in [0.15, 0.2) is 65.1 Å². The third kappa shape index (κ3) is 2.34. The van der Waals surface area contributed by atoms with Crippen LogP contribution in [0.5, 0.6) is 0 Å². The van der Waals surface area contributed by atoms with Crippen molar-refractivity contribution in [3.63, 3.8) is 0 Å². The van der Waals surface area contributed by atoms with Crippen molar-refractivity contribution in [2.45, 2.75) is 19.3 Å². The average molecular weight is 383 g/mol. The maximum absolute atomic E-state index is 12.7. The van der Waals surface area contributed by atoms with Crippen molar-refractivity contribution in [2.75, 3.05) is 0 Å². The van der Waals surface area contributed by atoms with Crippen LogP contribution in [0.25, 0.3) is 5.76 Å². The van der Waals surface area contributed by atoms with Crippen LogP contribution in [0.4, 0.5) is 0 Å². The Morgan fingerprint density at radius 2 is 1.58 bits per heavy atom. The Hall–Kier alpha value is -2.16. The van der Waals surface area contributed by atoms with Crippen molar-refractivity contribution >= 4 is 36.9 Å². The molecule has 24 heavy (non-hydrogen) atoms. The molecule has 2 aromatic rings. The molecule has 0 aromatic heterocycles. The monoisotopic (exact) mass is 384 g/mol. The number of ketones is 1. The molecule has 120 valence electrons. The molecule has 1 heterocycles. The molecule has 2 aromatic carbocycles. The van der Waals surface area contributed by atoms with Gasteiger partial charge in [0.15, 0.2) is 0 Å². The Kier molecular flexibility index (Phi) is 3.87. The number of hydrogen-bond donors (Lipinski definition) is 0. The summed E-state index contributed by atoms with van der Waals surface area (Å²) < 4.78 is 7.71. The SMILES string of the molecule is O=C1CCC[C@@]12C(=O)OC(c1ccccc1)=C2[Se]c1ccccc1. The first-order valence-corrected chi connectivity index (χ1v) is 9.72. The van der Waals surface area contributed by atoms with Crippen LogP contribution >= 0.6 is 0 Å². The zero-order valence-electron chi connectivity index (χ0n) is 13.0. The molecule has 1 spiro atoms. The van der Waals surface area contributed by atoms with Crippen LogP contribution in [0, 0.1) is 5.41 Å². The van der Waals surface area contributed by atoms with E-state index in [1.165, 1.54) is 0 Å². The Bertz CT molecular complexity index is 826. The first-order valence-electron chi connectivity index (χ1n) is 8.00. The van der Waals surface area contributed by atoms with E-state index in [2.05, 4.69) is 0 Å². The summed E-state index contributed by atoms with van der Waals surface area (Å²) in [6, 6.07) is 19.7. The van der Waals surface area contributed by atoms with Crippen LogP contribution in [0.3, 0.4) is 0 Å². The van der Waals surface area contributed by atoms with Gasteiger partial charge in [-0.15, -0.1) is 0 Å². The van der Waals surface area contributed by atoms with Crippen LogP contribution in [-0.4, -0.2) is 26.7 Å². The van der Waals surface area contributed by atoms with E-state index >= 15 is 0 Å². The Morgan fingerprint density at radius 1 is 0.917 bits per heavy atom. The minimum absolute atomic E-state index is 0.0197. The Labute approximate surface area is 146 Å². The summed E-state index contributed by atoms with van der Waals surface area (Å²) in [6.07, 6.45) is 1.79. The zero-order chi connectivity index (χ0) is 16.6. The second-order valence-corrected chi connectivity index (χ2v) is 8.28. The van der Waals surface area contributed by atoms with Crippen molar-refractivity contribution < 1.29 is 14.3 Å². The van der Waals surface area contributed by atoms with E-state index < -0.39 is 5.41 Å². The number of Topliss-reactive ketones (excluding diaryl/α,β-unsaturated/α-hetero) is 1. The van der Waals surface area contributed by atoms with Crippen LogP contribution in [0.1, 0.15) is 24.8 Å². The maximum atomic E-state index is 12.7. The van der Waals surface area contributed by atoms with Crippen molar-refractivity contribution in [2.24, 2.45) is 5.41 Å². The predicted octanol–water partition coefficient (Wildman–Crippen LogP) is 2.68. The van der Waals surface area contributed by atoms with Crippen molar-refractivity contribution in [1.29, 1.82) is 0 Å². The van der Waals surface area contributed by atoms with Gasteiger partial charge in [0.05, 0.1) is 0 Å². The molecule has 1 aliphatic heterocycles. The topological polar surface area (TPSA) is 43.4 Å². The van der Waals surface area contributed by atoms with E-state index in [1.54, 1.807) is 0 Å². The fraction of sp³-hybridized carbons (Fsp3) is 0.200. The molecule has 0 N–H and O–H groups in total. The summed E-state index contributed by atoms with van der Waals surface area (Å²) in [6.45, 7) is 0. The van der Waals surface area contributed by atoms with E-state index in [0.29, 0.717) is 18.6 Å². The molecule has 1 saturated carbocycles. The number of carbonyl (C=O) groups excluding carboxylic acids is 2. The molecule has 0 radical (unpaired) electrons. The summed E-state index contributed by atoms with van der Waals surface area (Å²) in [5, 5.41) is 0. The van der Waals surface area contributed by atoms with Crippen LogP contribution in [0.2, 0.25) is 0 Å². The van der Waals surface area contributed by atoms with E-state index in [9.17, 15) is 9.59 Å². The fourth-order valence-electron chi connectivity index (χ4n) is 3.36. The summed E-state index contributed by atoms with van der Waals surface area (Å²) >= 11 is -0.126. The fourth-order valence-corrected chi connectivity index (χ4v) is 5.99. The van der Waals surface area contributed by atoms with Crippen molar-refractivity contribution in [1.82, 2.24) is 0 Å². The molecule has 4 rings (SSSR count). The van der Waals surface area contributed by atoms with E-state index in [4.69, 9.17) is 4.74 Å². The van der Waals surface area contributed by atoms with E-state index in [-0.39, 0.29) is 26.7 Å². The molecule has 1 atom stereocenters. The van der Waals surface area contributed by atoms with Crippen molar-refractivity contribution in [3.05, 3.63) is 70.7 Å². The average Bonchev–Trinajstić information content (AvgIpc) is 3.13. The van der Waals surface area contributed by atoms with E-state index in [1.807, 2.05) is 60.7 Å². The number of hydrogen-bond acceptors (Lipinski definition) is 3. The van der Waals surface area contributed by atoms with Gasteiger partial charge in [-0.25, -0.2) is 0 Å². The van der Waals surface area contributed by atoms with Crippen molar-refractivity contribution in [3.8, 4) is 0 Å². The second-order valence-electron chi connectivity index (χ2n) is 6.01. The Balaban J connectivity index is 1.87. The zero-order valence-corrected chi connectivity index (χ0v) is 14.7. The van der Waals surface area contributed by atoms with Gasteiger partial charge in [-0.05, 0) is 0 Å². The van der Waals surface area contributed by atoms with Gasteiger partial charge in [-0.3, -0.25) is 0 Å². The number of cyclic esters (lactones) is 1. The molecule has 2 aliphatic rings. The first kappa shape index (κ1) is 15.4. The molecule has 0 saturated heterocycles. The third-order valence-corrected chi connectivity index (χ3v) is 7.18. The standard InChI is InChI=1S/C20H16O3Se/c21-16-12-7-13-20(16)18(24-15-10-5-2-6-11-15)17(23-19(20)22)14-8-3-1-4-9-14/h1-6,8-11H,7,12-13H2/t20-/m1/s1. The van der Waals surface area contributed by atoms with Gasteiger partial charge < -0.3 is 0 Å².